The lowest BCUT2D eigenvalue weighted by molar-refractivity contribution is 0.355. The van der Waals surface area contributed by atoms with Crippen molar-refractivity contribution >= 4 is 10.9 Å². The Labute approximate surface area is 135 Å². The number of fused-ring (bicyclic) bond motifs is 1. The number of methoxy groups -OCH3 is 2. The van der Waals surface area contributed by atoms with Gasteiger partial charge in [0.2, 0.25) is 0 Å². The number of hydrogen-bond donors (Lipinski definition) is 0. The zero-order valence-electron chi connectivity index (χ0n) is 13.7. The molecule has 3 rings (SSSR count). The Morgan fingerprint density at radius 3 is 2.30 bits per heavy atom. The van der Waals surface area contributed by atoms with E-state index in [1.165, 1.54) is 5.56 Å². The maximum absolute atomic E-state index is 6.14. The van der Waals surface area contributed by atoms with Crippen LogP contribution >= 0.6 is 0 Å². The molecule has 0 fully saturated rings. The van der Waals surface area contributed by atoms with Gasteiger partial charge in [-0.1, -0.05) is 12.1 Å². The van der Waals surface area contributed by atoms with Gasteiger partial charge in [0.05, 0.1) is 19.7 Å². The van der Waals surface area contributed by atoms with Crippen LogP contribution in [0.25, 0.3) is 10.9 Å². The monoisotopic (exact) mass is 309 g/mol. The van der Waals surface area contributed by atoms with Crippen molar-refractivity contribution in [3.05, 3.63) is 53.7 Å². The van der Waals surface area contributed by atoms with Crippen molar-refractivity contribution in [3.63, 3.8) is 0 Å². The van der Waals surface area contributed by atoms with Crippen LogP contribution in [0.15, 0.2) is 42.6 Å². The first kappa shape index (κ1) is 15.2. The van der Waals surface area contributed by atoms with Gasteiger partial charge in [-0.05, 0) is 43.2 Å². The Balaban J connectivity index is 2.12. The molecule has 3 aromatic rings. The van der Waals surface area contributed by atoms with Crippen molar-refractivity contribution < 1.29 is 14.2 Å². The van der Waals surface area contributed by atoms with Crippen LogP contribution in [0.2, 0.25) is 0 Å². The summed E-state index contributed by atoms with van der Waals surface area (Å²) in [5.74, 6) is 2.88. The highest BCUT2D eigenvalue weighted by Crippen LogP contribution is 2.37. The van der Waals surface area contributed by atoms with Gasteiger partial charge in [-0.3, -0.25) is 4.98 Å². The summed E-state index contributed by atoms with van der Waals surface area (Å²) in [5, 5.41) is 0.881. The molecule has 1 heterocycles. The number of nitrogens with zero attached hydrogens (tertiary/aromatic N) is 1. The molecule has 0 saturated heterocycles. The van der Waals surface area contributed by atoms with Gasteiger partial charge in [0.1, 0.15) is 11.5 Å². The molecule has 118 valence electrons. The Morgan fingerprint density at radius 1 is 0.826 bits per heavy atom. The minimum Gasteiger partial charge on any atom is -0.493 e. The van der Waals surface area contributed by atoms with E-state index >= 15 is 0 Å². The normalized spacial score (nSPS) is 10.6. The zero-order valence-corrected chi connectivity index (χ0v) is 13.7. The van der Waals surface area contributed by atoms with Crippen LogP contribution in [0.1, 0.15) is 11.1 Å². The van der Waals surface area contributed by atoms with Crippen molar-refractivity contribution in [2.75, 3.05) is 14.2 Å². The molecular formula is C19H19NO3. The first-order valence-corrected chi connectivity index (χ1v) is 7.39. The first-order chi connectivity index (χ1) is 11.1. The largest absolute Gasteiger partial charge is 0.493 e. The predicted octanol–water partition coefficient (Wildman–Crippen LogP) is 4.66. The van der Waals surface area contributed by atoms with Crippen LogP contribution in [0.4, 0.5) is 0 Å². The van der Waals surface area contributed by atoms with E-state index in [0.717, 1.165) is 28.0 Å². The summed E-state index contributed by atoms with van der Waals surface area (Å²) in [6.07, 6.45) is 1.73. The van der Waals surface area contributed by atoms with E-state index < -0.39 is 0 Å². The zero-order chi connectivity index (χ0) is 16.4. The van der Waals surface area contributed by atoms with Crippen LogP contribution in [-0.2, 0) is 0 Å². The van der Waals surface area contributed by atoms with Crippen molar-refractivity contribution in [2.24, 2.45) is 0 Å². The number of benzene rings is 2. The molecule has 0 atom stereocenters. The van der Waals surface area contributed by atoms with Crippen molar-refractivity contribution in [1.82, 2.24) is 4.98 Å². The third-order valence-electron chi connectivity index (χ3n) is 3.98. The Morgan fingerprint density at radius 2 is 1.57 bits per heavy atom. The average molecular weight is 309 g/mol. The van der Waals surface area contributed by atoms with Gasteiger partial charge in [0.15, 0.2) is 11.5 Å². The lowest BCUT2D eigenvalue weighted by atomic mass is 10.1. The fraction of sp³-hybridized carbons (Fsp3) is 0.211. The molecule has 1 aromatic heterocycles. The summed E-state index contributed by atoms with van der Waals surface area (Å²) < 4.78 is 16.9. The van der Waals surface area contributed by atoms with Crippen molar-refractivity contribution in [1.29, 1.82) is 0 Å². The highest BCUT2D eigenvalue weighted by atomic mass is 16.5. The molecule has 0 radical (unpaired) electrons. The molecule has 4 heteroatoms. The molecule has 0 bridgehead atoms. The van der Waals surface area contributed by atoms with E-state index in [9.17, 15) is 0 Å². The quantitative estimate of drug-likeness (QED) is 0.702. The molecule has 0 spiro atoms. The van der Waals surface area contributed by atoms with E-state index in [1.807, 2.05) is 30.3 Å². The van der Waals surface area contributed by atoms with Crippen LogP contribution in [0.3, 0.4) is 0 Å². The van der Waals surface area contributed by atoms with Crippen molar-refractivity contribution in [2.45, 2.75) is 13.8 Å². The van der Waals surface area contributed by atoms with E-state index in [-0.39, 0.29) is 0 Å². The predicted molar refractivity (Wildman–Crippen MR) is 90.8 cm³/mol. The maximum Gasteiger partial charge on any atom is 0.162 e. The fourth-order valence-electron chi connectivity index (χ4n) is 2.49. The van der Waals surface area contributed by atoms with E-state index in [4.69, 9.17) is 14.2 Å². The number of pyridine rings is 1. The summed E-state index contributed by atoms with van der Waals surface area (Å²) in [5.41, 5.74) is 3.11. The summed E-state index contributed by atoms with van der Waals surface area (Å²) in [7, 11) is 3.23. The topological polar surface area (TPSA) is 40.6 Å². The van der Waals surface area contributed by atoms with Crippen LogP contribution < -0.4 is 14.2 Å². The molecule has 0 unspecified atom stereocenters. The number of aromatic nitrogens is 1. The summed E-state index contributed by atoms with van der Waals surface area (Å²) in [6, 6.07) is 11.6. The maximum atomic E-state index is 6.14. The Bertz CT molecular complexity index is 859. The molecule has 0 saturated carbocycles. The molecule has 23 heavy (non-hydrogen) atoms. The Hall–Kier alpha value is -2.75. The second-order valence-electron chi connectivity index (χ2n) is 5.33. The SMILES string of the molecule is COc1cc2nccc(Oc3cccc(C)c3C)c2cc1OC. The highest BCUT2D eigenvalue weighted by molar-refractivity contribution is 5.88. The molecular weight excluding hydrogens is 290 g/mol. The minimum atomic E-state index is 0.649. The van der Waals surface area contributed by atoms with Crippen LogP contribution in [-0.4, -0.2) is 19.2 Å². The second-order valence-corrected chi connectivity index (χ2v) is 5.33. The van der Waals surface area contributed by atoms with E-state index in [1.54, 1.807) is 20.4 Å². The highest BCUT2D eigenvalue weighted by Gasteiger charge is 2.12. The standard InChI is InChI=1S/C19H19NO3/c1-12-6-5-7-16(13(12)2)23-17-8-9-20-15-11-19(22-4)18(21-3)10-14(15)17/h5-11H,1-4H3. The molecule has 2 aromatic carbocycles. The van der Waals surface area contributed by atoms with Gasteiger partial charge in [-0.2, -0.15) is 0 Å². The summed E-state index contributed by atoms with van der Waals surface area (Å²) >= 11 is 0. The lowest BCUT2D eigenvalue weighted by Crippen LogP contribution is -1.94. The number of hydrogen-bond acceptors (Lipinski definition) is 4. The van der Waals surface area contributed by atoms with Gasteiger partial charge in [-0.25, -0.2) is 0 Å². The lowest BCUT2D eigenvalue weighted by Gasteiger charge is -2.14. The molecule has 0 aliphatic carbocycles. The molecule has 0 amide bonds. The van der Waals surface area contributed by atoms with Crippen molar-refractivity contribution in [3.8, 4) is 23.0 Å². The number of rotatable bonds is 4. The Kier molecular flexibility index (Phi) is 4.06. The average Bonchev–Trinajstić information content (AvgIpc) is 2.58. The number of aryl methyl sites for hydroxylation is 1. The van der Waals surface area contributed by atoms with E-state index in [2.05, 4.69) is 24.9 Å². The molecule has 4 nitrogen and oxygen atoms in total. The number of ether oxygens (including phenoxy) is 3. The third-order valence-corrected chi connectivity index (χ3v) is 3.98. The van der Waals surface area contributed by atoms with Gasteiger partial charge in [0, 0.05) is 17.6 Å². The van der Waals surface area contributed by atoms with Gasteiger partial charge >= 0.3 is 0 Å². The molecule has 0 aliphatic heterocycles. The van der Waals surface area contributed by atoms with Gasteiger partial charge < -0.3 is 14.2 Å². The van der Waals surface area contributed by atoms with Crippen LogP contribution in [0.5, 0.6) is 23.0 Å². The van der Waals surface area contributed by atoms with E-state index in [0.29, 0.717) is 11.5 Å². The third kappa shape index (κ3) is 2.80. The summed E-state index contributed by atoms with van der Waals surface area (Å²) in [4.78, 5) is 4.39. The van der Waals surface area contributed by atoms with Gasteiger partial charge in [-0.15, -0.1) is 0 Å². The fourth-order valence-corrected chi connectivity index (χ4v) is 2.49. The first-order valence-electron chi connectivity index (χ1n) is 7.39. The molecule has 0 N–H and O–H groups in total. The van der Waals surface area contributed by atoms with Crippen LogP contribution in [0, 0.1) is 13.8 Å². The minimum absolute atomic E-state index is 0.649. The van der Waals surface area contributed by atoms with Gasteiger partial charge in [0.25, 0.3) is 0 Å². The summed E-state index contributed by atoms with van der Waals surface area (Å²) in [6.45, 7) is 4.12. The second kappa shape index (κ2) is 6.16. The smallest absolute Gasteiger partial charge is 0.162 e. The molecule has 0 aliphatic rings.